The largest absolute Gasteiger partial charge is 0.413 e. The fraction of sp³-hybridized carbons (Fsp3) is 0.500. The van der Waals surface area contributed by atoms with Crippen LogP contribution in [0.5, 0.6) is 0 Å². The van der Waals surface area contributed by atoms with Crippen LogP contribution in [0.3, 0.4) is 0 Å². The van der Waals surface area contributed by atoms with Gasteiger partial charge in [-0.05, 0) is 12.5 Å². The highest BCUT2D eigenvalue weighted by molar-refractivity contribution is 7.17. The molecule has 0 bridgehead atoms. The van der Waals surface area contributed by atoms with E-state index < -0.39 is 0 Å². The third-order valence-corrected chi connectivity index (χ3v) is 1.23. The van der Waals surface area contributed by atoms with Crippen molar-refractivity contribution >= 4 is 8.69 Å². The van der Waals surface area contributed by atoms with Crippen molar-refractivity contribution in [1.82, 2.24) is 0 Å². The maximum atomic E-state index is 9.64. The Labute approximate surface area is 43.5 Å². The van der Waals surface area contributed by atoms with Crippen molar-refractivity contribution < 1.29 is 9.09 Å². The van der Waals surface area contributed by atoms with E-state index in [4.69, 9.17) is 0 Å². The summed E-state index contributed by atoms with van der Waals surface area (Å²) >= 11 is 0. The third kappa shape index (κ3) is 1.00. The van der Waals surface area contributed by atoms with Crippen LogP contribution < -0.4 is 0 Å². The molecule has 3 heteroatoms. The van der Waals surface area contributed by atoms with Crippen molar-refractivity contribution in [2.75, 3.05) is 0 Å². The Morgan fingerprint density at radius 2 is 2.57 bits per heavy atom. The maximum absolute atomic E-state index is 9.64. The summed E-state index contributed by atoms with van der Waals surface area (Å²) < 4.78 is 14.2. The summed E-state index contributed by atoms with van der Waals surface area (Å²) in [5, 5.41) is 0. The van der Waals surface area contributed by atoms with Crippen LogP contribution >= 0.6 is 8.69 Å². The van der Waals surface area contributed by atoms with Crippen LogP contribution in [-0.2, 0) is 9.09 Å². The lowest BCUT2D eigenvalue weighted by Gasteiger charge is -2.08. The smallest absolute Gasteiger partial charge is 0.395 e. The highest BCUT2D eigenvalue weighted by atomic mass is 31.1. The van der Waals surface area contributed by atoms with E-state index in [1.165, 1.54) is 0 Å². The molecule has 0 aromatic rings. The molecule has 0 fully saturated rings. The van der Waals surface area contributed by atoms with E-state index >= 15 is 0 Å². The quantitative estimate of drug-likeness (QED) is 0.515. The predicted molar refractivity (Wildman–Crippen MR) is 26.0 cm³/mol. The van der Waals surface area contributed by atoms with Crippen LogP contribution in [0, 0.1) is 0 Å². The van der Waals surface area contributed by atoms with Crippen molar-refractivity contribution in [3.05, 3.63) is 11.8 Å². The van der Waals surface area contributed by atoms with Crippen LogP contribution in [0.1, 0.15) is 12.8 Å². The summed E-state index contributed by atoms with van der Waals surface area (Å²) in [6.45, 7) is 0. The monoisotopic (exact) mass is 116 g/mol. The van der Waals surface area contributed by atoms with Crippen LogP contribution in [0.15, 0.2) is 11.8 Å². The Morgan fingerprint density at radius 1 is 1.86 bits per heavy atom. The molecule has 0 aliphatic heterocycles. The van der Waals surface area contributed by atoms with Crippen molar-refractivity contribution in [3.8, 4) is 0 Å². The summed E-state index contributed by atoms with van der Waals surface area (Å²) in [5.74, 6) is 0.858. The van der Waals surface area contributed by atoms with Gasteiger partial charge in [-0.3, -0.25) is 0 Å². The number of allylic oxidation sites excluding steroid dienone is 2. The molecule has 7 heavy (non-hydrogen) atoms. The first-order valence-corrected chi connectivity index (χ1v) is 2.85. The molecule has 1 aliphatic rings. The summed E-state index contributed by atoms with van der Waals surface area (Å²) in [5.41, 5.74) is 0. The fourth-order valence-electron chi connectivity index (χ4n) is 0.393. The molecular weight excluding hydrogens is 111 g/mol. The van der Waals surface area contributed by atoms with E-state index in [9.17, 15) is 4.57 Å². The number of hydrogen-bond acceptors (Lipinski definition) is 2. The molecule has 0 amide bonds. The lowest BCUT2D eigenvalue weighted by Crippen LogP contribution is -1.91. The molecule has 0 unspecified atom stereocenters. The maximum Gasteiger partial charge on any atom is 0.395 e. The molecule has 0 aromatic heterocycles. The van der Waals surface area contributed by atoms with Crippen molar-refractivity contribution in [1.29, 1.82) is 0 Å². The second kappa shape index (κ2) is 2.08. The fourth-order valence-corrected chi connectivity index (χ4v) is 0.655. The van der Waals surface area contributed by atoms with Gasteiger partial charge in [0.1, 0.15) is 5.76 Å². The summed E-state index contributed by atoms with van der Waals surface area (Å²) in [6.07, 6.45) is 3.95. The van der Waals surface area contributed by atoms with E-state index in [0.29, 0.717) is 0 Å². The van der Waals surface area contributed by atoms with Gasteiger partial charge in [-0.15, -0.1) is 0 Å². The number of rotatable bonds is 2. The van der Waals surface area contributed by atoms with Crippen LogP contribution in [0.25, 0.3) is 0 Å². The van der Waals surface area contributed by atoms with Gasteiger partial charge in [-0.25, -0.2) is 4.57 Å². The summed E-state index contributed by atoms with van der Waals surface area (Å²) in [7, 11) is -0.227. The average Bonchev–Trinajstić information content (AvgIpc) is 1.55. The first-order chi connectivity index (χ1) is 3.43. The van der Waals surface area contributed by atoms with E-state index in [1.54, 1.807) is 0 Å². The molecule has 1 aliphatic carbocycles. The summed E-state index contributed by atoms with van der Waals surface area (Å²) in [4.78, 5) is 0. The zero-order valence-corrected chi connectivity index (χ0v) is 4.65. The van der Waals surface area contributed by atoms with E-state index in [1.807, 2.05) is 6.08 Å². The topological polar surface area (TPSA) is 26.3 Å². The average molecular weight is 116 g/mol. The van der Waals surface area contributed by atoms with Gasteiger partial charge in [0.15, 0.2) is 0 Å². The van der Waals surface area contributed by atoms with Crippen molar-refractivity contribution in [2.24, 2.45) is 0 Å². The molecule has 0 saturated heterocycles. The summed E-state index contributed by atoms with van der Waals surface area (Å²) in [6, 6.07) is 0. The first-order valence-electron chi connectivity index (χ1n) is 2.12. The molecule has 0 radical (unpaired) electrons. The minimum absolute atomic E-state index is 0.227. The van der Waals surface area contributed by atoms with E-state index in [0.717, 1.165) is 18.6 Å². The van der Waals surface area contributed by atoms with Gasteiger partial charge in [-0.2, -0.15) is 0 Å². The molecule has 1 rings (SSSR count). The van der Waals surface area contributed by atoms with E-state index in [2.05, 4.69) is 4.52 Å². The van der Waals surface area contributed by atoms with Gasteiger partial charge < -0.3 is 4.52 Å². The van der Waals surface area contributed by atoms with Gasteiger partial charge in [0, 0.05) is 6.42 Å². The normalized spacial score (nSPS) is 18.0. The van der Waals surface area contributed by atoms with Crippen molar-refractivity contribution in [2.45, 2.75) is 12.8 Å². The molecule has 0 aromatic carbocycles. The predicted octanol–water partition coefficient (Wildman–Crippen LogP) is 1.89. The highest BCUT2D eigenvalue weighted by Gasteiger charge is 2.04. The Hall–Kier alpha value is -0.360. The van der Waals surface area contributed by atoms with E-state index in [-0.39, 0.29) is 8.69 Å². The number of hydrogen-bond donors (Lipinski definition) is 0. The Balaban J connectivity index is 2.27. The first kappa shape index (κ1) is 4.79. The highest BCUT2D eigenvalue weighted by Crippen LogP contribution is 2.22. The SMILES string of the molecule is O=POC1=CCC1. The third-order valence-electron chi connectivity index (χ3n) is 0.917. The van der Waals surface area contributed by atoms with Crippen LogP contribution in [-0.4, -0.2) is 0 Å². The molecule has 0 N–H and O–H groups in total. The second-order valence-electron chi connectivity index (χ2n) is 1.37. The van der Waals surface area contributed by atoms with Gasteiger partial charge in [0.25, 0.3) is 0 Å². The zero-order chi connectivity index (χ0) is 5.11. The minimum atomic E-state index is -0.227. The molecule has 0 saturated carbocycles. The lowest BCUT2D eigenvalue weighted by atomic mass is 10.1. The van der Waals surface area contributed by atoms with Crippen LogP contribution in [0.2, 0.25) is 0 Å². The molecule has 38 valence electrons. The van der Waals surface area contributed by atoms with Crippen LogP contribution in [0.4, 0.5) is 0 Å². The van der Waals surface area contributed by atoms with Gasteiger partial charge in [0.05, 0.1) is 0 Å². The molecule has 2 nitrogen and oxygen atoms in total. The van der Waals surface area contributed by atoms with Crippen molar-refractivity contribution in [3.63, 3.8) is 0 Å². The standard InChI is InChI=1S/C4H5O2P/c5-7-6-4-2-1-3-4/h2H,1,3H2. The van der Waals surface area contributed by atoms with Gasteiger partial charge in [-0.1, -0.05) is 0 Å². The Kier molecular flexibility index (Phi) is 1.42. The molecule has 0 atom stereocenters. The molecule has 0 spiro atoms. The van der Waals surface area contributed by atoms with Gasteiger partial charge >= 0.3 is 8.69 Å². The lowest BCUT2D eigenvalue weighted by molar-refractivity contribution is 0.401. The molecular formula is C4H5O2P. The van der Waals surface area contributed by atoms with Gasteiger partial charge in [0.2, 0.25) is 0 Å². The zero-order valence-electron chi connectivity index (χ0n) is 3.76. The molecule has 0 heterocycles. The Morgan fingerprint density at radius 3 is 2.71 bits per heavy atom. The second-order valence-corrected chi connectivity index (χ2v) is 1.71. The minimum Gasteiger partial charge on any atom is -0.413 e. The Bertz CT molecular complexity index is 108.